The lowest BCUT2D eigenvalue weighted by molar-refractivity contribution is -0.125. The lowest BCUT2D eigenvalue weighted by atomic mass is 10.1. The Morgan fingerprint density at radius 1 is 1.00 bits per heavy atom. The third-order valence-electron chi connectivity index (χ3n) is 4.66. The van der Waals surface area contributed by atoms with Crippen LogP contribution in [0.5, 0.6) is 17.2 Å². The first-order valence-electron chi connectivity index (χ1n) is 9.82. The molecule has 2 amide bonds. The molecule has 0 bridgehead atoms. The second kappa shape index (κ2) is 12.1. The summed E-state index contributed by atoms with van der Waals surface area (Å²) in [6, 6.07) is 14.6. The van der Waals surface area contributed by atoms with Crippen LogP contribution in [-0.2, 0) is 16.1 Å². The van der Waals surface area contributed by atoms with Crippen molar-refractivity contribution in [3.63, 3.8) is 0 Å². The van der Waals surface area contributed by atoms with Crippen molar-refractivity contribution < 1.29 is 23.8 Å². The molecule has 0 heterocycles. The fraction of sp³-hybridized carbons (Fsp3) is 0.348. The van der Waals surface area contributed by atoms with Gasteiger partial charge in [-0.1, -0.05) is 18.2 Å². The van der Waals surface area contributed by atoms with Crippen LogP contribution in [0.2, 0.25) is 0 Å². The third-order valence-corrected chi connectivity index (χ3v) is 4.66. The molecule has 0 saturated carbocycles. The van der Waals surface area contributed by atoms with Gasteiger partial charge in [-0.2, -0.15) is 5.26 Å². The first-order valence-corrected chi connectivity index (χ1v) is 9.82. The van der Waals surface area contributed by atoms with Crippen LogP contribution in [0.4, 0.5) is 5.69 Å². The maximum absolute atomic E-state index is 12.7. The molecule has 0 aliphatic carbocycles. The van der Waals surface area contributed by atoms with Gasteiger partial charge in [0, 0.05) is 37.2 Å². The largest absolute Gasteiger partial charge is 0.496 e. The number of carbonyl (C=O) groups is 2. The van der Waals surface area contributed by atoms with E-state index in [-0.39, 0.29) is 44.2 Å². The Labute approximate surface area is 182 Å². The molecule has 164 valence electrons. The number of nitrogens with zero attached hydrogens (tertiary/aromatic N) is 2. The van der Waals surface area contributed by atoms with Gasteiger partial charge in [-0.3, -0.25) is 9.59 Å². The van der Waals surface area contributed by atoms with E-state index in [1.807, 2.05) is 18.2 Å². The highest BCUT2D eigenvalue weighted by Crippen LogP contribution is 2.33. The lowest BCUT2D eigenvalue weighted by Gasteiger charge is -2.21. The first kappa shape index (κ1) is 23.5. The van der Waals surface area contributed by atoms with Crippen molar-refractivity contribution in [2.45, 2.75) is 25.8 Å². The number of anilines is 1. The van der Waals surface area contributed by atoms with E-state index in [4.69, 9.17) is 19.5 Å². The Hall–Kier alpha value is -3.73. The zero-order valence-corrected chi connectivity index (χ0v) is 18.0. The van der Waals surface area contributed by atoms with Gasteiger partial charge in [0.15, 0.2) is 0 Å². The number of carbonyl (C=O) groups excluding carboxylic acids is 2. The molecule has 0 saturated heterocycles. The summed E-state index contributed by atoms with van der Waals surface area (Å²) >= 11 is 0. The predicted octanol–water partition coefficient (Wildman–Crippen LogP) is 3.06. The molecular formula is C23H27N3O5. The highest BCUT2D eigenvalue weighted by atomic mass is 16.5. The molecule has 2 aromatic rings. The predicted molar refractivity (Wildman–Crippen MR) is 116 cm³/mol. The van der Waals surface area contributed by atoms with E-state index < -0.39 is 0 Å². The van der Waals surface area contributed by atoms with Crippen LogP contribution in [-0.4, -0.2) is 39.7 Å². The number of amides is 2. The van der Waals surface area contributed by atoms with Crippen molar-refractivity contribution in [2.24, 2.45) is 0 Å². The van der Waals surface area contributed by atoms with Crippen LogP contribution in [0.15, 0.2) is 42.5 Å². The van der Waals surface area contributed by atoms with Crippen LogP contribution >= 0.6 is 0 Å². The third kappa shape index (κ3) is 6.64. The number of methoxy groups -OCH3 is 3. The molecule has 0 aliphatic rings. The molecule has 31 heavy (non-hydrogen) atoms. The van der Waals surface area contributed by atoms with Gasteiger partial charge in [0.2, 0.25) is 11.8 Å². The minimum atomic E-state index is -0.276. The summed E-state index contributed by atoms with van der Waals surface area (Å²) < 4.78 is 16.0. The summed E-state index contributed by atoms with van der Waals surface area (Å²) in [6.07, 6.45) is 0.266. The molecule has 8 nitrogen and oxygen atoms in total. The number of nitrogens with one attached hydrogen (secondary N) is 1. The molecule has 0 fully saturated rings. The standard InChI is InChI=1S/C23H27N3O5/c1-29-18-14-20(30-2)19(21(15-18)31-3)16-25-22(27)10-11-23(28)26(13-7-12-24)17-8-5-4-6-9-17/h4-6,8-9,14-15H,7,10-11,13,16H2,1-3H3,(H,25,27). The molecule has 0 radical (unpaired) electrons. The van der Waals surface area contributed by atoms with E-state index in [2.05, 4.69) is 11.4 Å². The van der Waals surface area contributed by atoms with Gasteiger partial charge in [0.05, 0.1) is 45.9 Å². The minimum absolute atomic E-state index is 0.0233. The minimum Gasteiger partial charge on any atom is -0.496 e. The van der Waals surface area contributed by atoms with Crippen LogP contribution in [0.3, 0.4) is 0 Å². The molecular weight excluding hydrogens is 398 g/mol. The number of benzene rings is 2. The summed E-state index contributed by atoms with van der Waals surface area (Å²) in [5.41, 5.74) is 1.38. The SMILES string of the molecule is COc1cc(OC)c(CNC(=O)CCC(=O)N(CCC#N)c2ccccc2)c(OC)c1. The fourth-order valence-electron chi connectivity index (χ4n) is 3.05. The fourth-order valence-corrected chi connectivity index (χ4v) is 3.05. The van der Waals surface area contributed by atoms with E-state index in [1.165, 1.54) is 19.1 Å². The monoisotopic (exact) mass is 425 g/mol. The van der Waals surface area contributed by atoms with E-state index >= 15 is 0 Å². The van der Waals surface area contributed by atoms with Crippen LogP contribution in [0.1, 0.15) is 24.8 Å². The summed E-state index contributed by atoms with van der Waals surface area (Å²) in [6.45, 7) is 0.460. The Kier molecular flexibility index (Phi) is 9.17. The smallest absolute Gasteiger partial charge is 0.227 e. The molecule has 2 rings (SSSR count). The van der Waals surface area contributed by atoms with Gasteiger partial charge >= 0.3 is 0 Å². The van der Waals surface area contributed by atoms with Gasteiger partial charge in [-0.25, -0.2) is 0 Å². The maximum atomic E-state index is 12.7. The second-order valence-corrected chi connectivity index (χ2v) is 6.58. The summed E-state index contributed by atoms with van der Waals surface area (Å²) in [7, 11) is 4.59. The molecule has 0 atom stereocenters. The molecule has 8 heteroatoms. The van der Waals surface area contributed by atoms with Gasteiger partial charge in [-0.15, -0.1) is 0 Å². The number of rotatable bonds is 11. The van der Waals surface area contributed by atoms with Gasteiger partial charge < -0.3 is 24.4 Å². The average molecular weight is 425 g/mol. The Bertz CT molecular complexity index is 900. The summed E-state index contributed by atoms with van der Waals surface area (Å²) in [4.78, 5) is 26.6. The van der Waals surface area contributed by atoms with Gasteiger partial charge in [0.25, 0.3) is 0 Å². The highest BCUT2D eigenvalue weighted by Gasteiger charge is 2.18. The molecule has 2 aromatic carbocycles. The molecule has 0 unspecified atom stereocenters. The highest BCUT2D eigenvalue weighted by molar-refractivity contribution is 5.95. The van der Waals surface area contributed by atoms with Crippen molar-refractivity contribution >= 4 is 17.5 Å². The van der Waals surface area contributed by atoms with Crippen LogP contribution in [0, 0.1) is 11.3 Å². The lowest BCUT2D eigenvalue weighted by Crippen LogP contribution is -2.33. The summed E-state index contributed by atoms with van der Waals surface area (Å²) in [5.74, 6) is 1.14. The number of hydrogen-bond donors (Lipinski definition) is 1. The molecule has 0 aliphatic heterocycles. The van der Waals surface area contributed by atoms with Crippen LogP contribution < -0.4 is 24.4 Å². The van der Waals surface area contributed by atoms with E-state index in [0.717, 1.165) is 0 Å². The van der Waals surface area contributed by atoms with E-state index in [0.29, 0.717) is 28.5 Å². The normalized spacial score (nSPS) is 10.0. The first-order chi connectivity index (χ1) is 15.0. The van der Waals surface area contributed by atoms with E-state index in [1.54, 1.807) is 31.4 Å². The zero-order valence-electron chi connectivity index (χ0n) is 18.0. The Morgan fingerprint density at radius 3 is 2.19 bits per heavy atom. The van der Waals surface area contributed by atoms with Crippen molar-refractivity contribution in [2.75, 3.05) is 32.8 Å². The van der Waals surface area contributed by atoms with Crippen molar-refractivity contribution in [1.29, 1.82) is 5.26 Å². The Balaban J connectivity index is 1.98. The quantitative estimate of drug-likeness (QED) is 0.594. The van der Waals surface area contributed by atoms with Crippen molar-refractivity contribution in [3.8, 4) is 23.3 Å². The average Bonchev–Trinajstić information content (AvgIpc) is 2.81. The van der Waals surface area contributed by atoms with Crippen molar-refractivity contribution in [3.05, 3.63) is 48.0 Å². The summed E-state index contributed by atoms with van der Waals surface area (Å²) in [5, 5.41) is 11.7. The van der Waals surface area contributed by atoms with Gasteiger partial charge in [0.1, 0.15) is 17.2 Å². The van der Waals surface area contributed by atoms with Crippen molar-refractivity contribution in [1.82, 2.24) is 5.32 Å². The van der Waals surface area contributed by atoms with E-state index in [9.17, 15) is 9.59 Å². The maximum Gasteiger partial charge on any atom is 0.227 e. The topological polar surface area (TPSA) is 101 Å². The Morgan fingerprint density at radius 2 is 1.65 bits per heavy atom. The molecule has 1 N–H and O–H groups in total. The number of hydrogen-bond acceptors (Lipinski definition) is 6. The molecule has 0 spiro atoms. The number of para-hydroxylation sites is 1. The van der Waals surface area contributed by atoms with Crippen LogP contribution in [0.25, 0.3) is 0 Å². The van der Waals surface area contributed by atoms with Gasteiger partial charge in [-0.05, 0) is 12.1 Å². The molecule has 0 aromatic heterocycles. The second-order valence-electron chi connectivity index (χ2n) is 6.58. The number of ether oxygens (including phenoxy) is 3. The number of nitriles is 1. The zero-order chi connectivity index (χ0) is 22.6.